The minimum atomic E-state index is -1.03. The van der Waals surface area contributed by atoms with Gasteiger partial charge in [-0.15, -0.1) is 0 Å². The van der Waals surface area contributed by atoms with E-state index in [-0.39, 0.29) is 5.41 Å². The van der Waals surface area contributed by atoms with Gasteiger partial charge in [-0.3, -0.25) is 0 Å². The standard InChI is InChI=1S/C14H27NO4/c1-13(2,3)9-7-8-10(11(16)17)15-12(18)19-14(4,5)6/h10H,7-9H2,1-6H3,(H,15,18)(H,16,17)/t10-/m0/s1. The van der Waals surface area contributed by atoms with Gasteiger partial charge in [0.15, 0.2) is 0 Å². The van der Waals surface area contributed by atoms with Crippen LogP contribution < -0.4 is 5.32 Å². The second kappa shape index (κ2) is 6.78. The molecular formula is C14H27NO4. The van der Waals surface area contributed by atoms with Gasteiger partial charge in [0.1, 0.15) is 11.6 Å². The fourth-order valence-electron chi connectivity index (χ4n) is 1.54. The fraction of sp³-hybridized carbons (Fsp3) is 0.857. The molecular weight excluding hydrogens is 246 g/mol. The Morgan fingerprint density at radius 3 is 2.05 bits per heavy atom. The molecule has 2 N–H and O–H groups in total. The second-order valence-electron chi connectivity index (χ2n) is 6.99. The molecule has 0 aliphatic rings. The van der Waals surface area contributed by atoms with E-state index in [2.05, 4.69) is 26.1 Å². The quantitative estimate of drug-likeness (QED) is 0.806. The van der Waals surface area contributed by atoms with Gasteiger partial charge in [0.25, 0.3) is 0 Å². The Balaban J connectivity index is 4.28. The summed E-state index contributed by atoms with van der Waals surface area (Å²) in [6.45, 7) is 11.5. The van der Waals surface area contributed by atoms with Crippen molar-refractivity contribution in [2.45, 2.75) is 72.4 Å². The fourth-order valence-corrected chi connectivity index (χ4v) is 1.54. The molecule has 0 bridgehead atoms. The number of aliphatic carboxylic acids is 1. The molecule has 0 spiro atoms. The van der Waals surface area contributed by atoms with E-state index in [0.717, 1.165) is 12.8 Å². The van der Waals surface area contributed by atoms with Crippen molar-refractivity contribution in [2.24, 2.45) is 5.41 Å². The summed E-state index contributed by atoms with van der Waals surface area (Å²) < 4.78 is 5.05. The van der Waals surface area contributed by atoms with Crippen LogP contribution in [0.2, 0.25) is 0 Å². The van der Waals surface area contributed by atoms with Crippen molar-refractivity contribution in [3.05, 3.63) is 0 Å². The van der Waals surface area contributed by atoms with Crippen molar-refractivity contribution in [2.75, 3.05) is 0 Å². The van der Waals surface area contributed by atoms with Crippen molar-refractivity contribution < 1.29 is 19.4 Å². The molecule has 0 heterocycles. The molecule has 5 heteroatoms. The van der Waals surface area contributed by atoms with Crippen molar-refractivity contribution in [1.29, 1.82) is 0 Å². The van der Waals surface area contributed by atoms with E-state index in [1.807, 2.05) is 0 Å². The predicted molar refractivity (Wildman–Crippen MR) is 74.1 cm³/mol. The highest BCUT2D eigenvalue weighted by Crippen LogP contribution is 2.22. The van der Waals surface area contributed by atoms with Gasteiger partial charge in [-0.2, -0.15) is 0 Å². The summed E-state index contributed by atoms with van der Waals surface area (Å²) in [6.07, 6.45) is 1.38. The highest BCUT2D eigenvalue weighted by molar-refractivity contribution is 5.79. The van der Waals surface area contributed by atoms with Crippen molar-refractivity contribution in [3.63, 3.8) is 0 Å². The number of amides is 1. The third kappa shape index (κ3) is 10.4. The molecule has 0 aromatic heterocycles. The smallest absolute Gasteiger partial charge is 0.408 e. The molecule has 0 aliphatic carbocycles. The monoisotopic (exact) mass is 273 g/mol. The van der Waals surface area contributed by atoms with Gasteiger partial charge < -0.3 is 15.2 Å². The molecule has 19 heavy (non-hydrogen) atoms. The number of carboxylic acid groups (broad SMARTS) is 1. The van der Waals surface area contributed by atoms with Crippen LogP contribution in [0.1, 0.15) is 60.8 Å². The van der Waals surface area contributed by atoms with Crippen LogP contribution in [0.5, 0.6) is 0 Å². The normalized spacial score (nSPS) is 13.8. The molecule has 0 fully saturated rings. The molecule has 0 unspecified atom stereocenters. The maximum atomic E-state index is 11.5. The number of hydrogen-bond donors (Lipinski definition) is 2. The summed E-state index contributed by atoms with van der Waals surface area (Å²) in [5.41, 5.74) is -0.465. The Hall–Kier alpha value is -1.26. The number of alkyl carbamates (subject to hydrolysis) is 1. The van der Waals surface area contributed by atoms with Gasteiger partial charge in [-0.05, 0) is 39.0 Å². The Kier molecular flexibility index (Phi) is 6.33. The lowest BCUT2D eigenvalue weighted by Gasteiger charge is -2.23. The van der Waals surface area contributed by atoms with E-state index in [0.29, 0.717) is 6.42 Å². The summed E-state index contributed by atoms with van der Waals surface area (Å²) in [7, 11) is 0. The third-order valence-corrected chi connectivity index (χ3v) is 2.41. The van der Waals surface area contributed by atoms with Crippen LogP contribution in [0.25, 0.3) is 0 Å². The maximum absolute atomic E-state index is 11.5. The minimum Gasteiger partial charge on any atom is -0.480 e. The Morgan fingerprint density at radius 1 is 1.16 bits per heavy atom. The highest BCUT2D eigenvalue weighted by atomic mass is 16.6. The summed E-state index contributed by atoms with van der Waals surface area (Å²) in [4.78, 5) is 22.6. The molecule has 0 saturated carbocycles. The molecule has 5 nitrogen and oxygen atoms in total. The number of carboxylic acids is 1. The zero-order valence-electron chi connectivity index (χ0n) is 12.9. The predicted octanol–water partition coefficient (Wildman–Crippen LogP) is 3.18. The van der Waals surface area contributed by atoms with Crippen LogP contribution in [0.3, 0.4) is 0 Å². The average molecular weight is 273 g/mol. The van der Waals surface area contributed by atoms with E-state index < -0.39 is 23.7 Å². The molecule has 1 amide bonds. The van der Waals surface area contributed by atoms with E-state index in [4.69, 9.17) is 9.84 Å². The van der Waals surface area contributed by atoms with Crippen LogP contribution >= 0.6 is 0 Å². The van der Waals surface area contributed by atoms with Crippen molar-refractivity contribution in [1.82, 2.24) is 5.32 Å². The molecule has 112 valence electrons. The van der Waals surface area contributed by atoms with Crippen molar-refractivity contribution in [3.8, 4) is 0 Å². The zero-order chi connectivity index (χ0) is 15.3. The zero-order valence-corrected chi connectivity index (χ0v) is 12.9. The number of carbonyl (C=O) groups excluding carboxylic acids is 1. The lowest BCUT2D eigenvalue weighted by molar-refractivity contribution is -0.139. The summed E-state index contributed by atoms with van der Waals surface area (Å²) in [5.74, 6) is -1.03. The first-order chi connectivity index (χ1) is 8.41. The number of hydrogen-bond acceptors (Lipinski definition) is 3. The van der Waals surface area contributed by atoms with E-state index in [1.165, 1.54) is 0 Å². The first kappa shape index (κ1) is 17.7. The van der Waals surface area contributed by atoms with E-state index in [9.17, 15) is 9.59 Å². The lowest BCUT2D eigenvalue weighted by atomic mass is 9.89. The van der Waals surface area contributed by atoms with E-state index in [1.54, 1.807) is 20.8 Å². The second-order valence-corrected chi connectivity index (χ2v) is 6.99. The number of ether oxygens (including phenoxy) is 1. The van der Waals surface area contributed by atoms with Gasteiger partial charge >= 0.3 is 12.1 Å². The molecule has 0 rings (SSSR count). The van der Waals surface area contributed by atoms with Crippen LogP contribution in [0.4, 0.5) is 4.79 Å². The molecule has 0 radical (unpaired) electrons. The first-order valence-electron chi connectivity index (χ1n) is 6.63. The minimum absolute atomic E-state index is 0.162. The highest BCUT2D eigenvalue weighted by Gasteiger charge is 2.24. The van der Waals surface area contributed by atoms with Crippen LogP contribution in [-0.2, 0) is 9.53 Å². The molecule has 0 aromatic rings. The van der Waals surface area contributed by atoms with Crippen molar-refractivity contribution >= 4 is 12.1 Å². The van der Waals surface area contributed by atoms with Gasteiger partial charge in [0.2, 0.25) is 0 Å². The summed E-state index contributed by atoms with van der Waals surface area (Å²) in [5, 5.41) is 11.5. The van der Waals surface area contributed by atoms with Gasteiger partial charge in [-0.25, -0.2) is 9.59 Å². The van der Waals surface area contributed by atoms with Gasteiger partial charge in [0, 0.05) is 0 Å². The van der Waals surface area contributed by atoms with Crippen LogP contribution in [-0.4, -0.2) is 28.8 Å². The molecule has 0 aromatic carbocycles. The topological polar surface area (TPSA) is 75.6 Å². The number of carbonyl (C=O) groups is 2. The molecule has 0 aliphatic heterocycles. The van der Waals surface area contributed by atoms with Crippen LogP contribution in [0, 0.1) is 5.41 Å². The Labute approximate surface area is 115 Å². The average Bonchev–Trinajstić information content (AvgIpc) is 2.10. The Bertz CT molecular complexity index is 312. The number of rotatable bonds is 5. The maximum Gasteiger partial charge on any atom is 0.408 e. The summed E-state index contributed by atoms with van der Waals surface area (Å²) >= 11 is 0. The van der Waals surface area contributed by atoms with Crippen LogP contribution in [0.15, 0.2) is 0 Å². The molecule has 1 atom stereocenters. The third-order valence-electron chi connectivity index (χ3n) is 2.41. The molecule has 0 saturated heterocycles. The van der Waals surface area contributed by atoms with E-state index >= 15 is 0 Å². The van der Waals surface area contributed by atoms with Gasteiger partial charge in [0.05, 0.1) is 0 Å². The lowest BCUT2D eigenvalue weighted by Crippen LogP contribution is -2.43. The largest absolute Gasteiger partial charge is 0.480 e. The summed E-state index contributed by atoms with van der Waals surface area (Å²) in [6, 6.07) is -0.891. The first-order valence-corrected chi connectivity index (χ1v) is 6.63. The number of nitrogens with one attached hydrogen (secondary N) is 1. The van der Waals surface area contributed by atoms with Gasteiger partial charge in [-0.1, -0.05) is 27.2 Å². The Morgan fingerprint density at radius 2 is 1.68 bits per heavy atom. The SMILES string of the molecule is CC(C)(C)CCC[C@H](NC(=O)OC(C)(C)C)C(=O)O.